The number of benzene rings is 1. The first kappa shape index (κ1) is 19.6. The van der Waals surface area contributed by atoms with Crippen LogP contribution in [0.5, 0.6) is 0 Å². The van der Waals surface area contributed by atoms with Gasteiger partial charge < -0.3 is 9.47 Å². The first-order valence-corrected chi connectivity index (χ1v) is 10.8. The molecule has 1 aromatic carbocycles. The van der Waals surface area contributed by atoms with Crippen molar-refractivity contribution in [2.45, 2.75) is 32.0 Å². The molecule has 2 aromatic heterocycles. The SMILES string of the molecule is CCCN(Cc1ccc(C)cc1)C(=O)CSc1nnc(-c2cccs2)n1C. The highest BCUT2D eigenvalue weighted by Gasteiger charge is 2.17. The largest absolute Gasteiger partial charge is 0.338 e. The van der Waals surface area contributed by atoms with Crippen LogP contribution in [0.2, 0.25) is 0 Å². The Morgan fingerprint density at radius 3 is 2.67 bits per heavy atom. The Bertz CT molecular complexity index is 872. The summed E-state index contributed by atoms with van der Waals surface area (Å²) in [6, 6.07) is 12.4. The molecular formula is C20H24N4OS2. The minimum atomic E-state index is 0.128. The summed E-state index contributed by atoms with van der Waals surface area (Å²) in [5.41, 5.74) is 2.39. The van der Waals surface area contributed by atoms with E-state index in [1.807, 2.05) is 34.0 Å². The summed E-state index contributed by atoms with van der Waals surface area (Å²) in [5, 5.41) is 11.3. The Morgan fingerprint density at radius 1 is 1.22 bits per heavy atom. The van der Waals surface area contributed by atoms with Crippen LogP contribution in [0.15, 0.2) is 46.9 Å². The highest BCUT2D eigenvalue weighted by Crippen LogP contribution is 2.26. The average Bonchev–Trinajstić information content (AvgIpc) is 3.31. The second-order valence-electron chi connectivity index (χ2n) is 6.43. The molecule has 0 N–H and O–H groups in total. The van der Waals surface area contributed by atoms with E-state index in [0.29, 0.717) is 12.3 Å². The van der Waals surface area contributed by atoms with E-state index in [2.05, 4.69) is 48.3 Å². The van der Waals surface area contributed by atoms with E-state index in [0.717, 1.165) is 34.4 Å². The third kappa shape index (κ3) is 4.99. The van der Waals surface area contributed by atoms with Gasteiger partial charge in [-0.1, -0.05) is 54.6 Å². The number of thiophene rings is 1. The molecule has 27 heavy (non-hydrogen) atoms. The van der Waals surface area contributed by atoms with Crippen LogP contribution in [0, 0.1) is 6.92 Å². The summed E-state index contributed by atoms with van der Waals surface area (Å²) in [6.07, 6.45) is 0.939. The number of hydrogen-bond acceptors (Lipinski definition) is 5. The number of thioether (sulfide) groups is 1. The van der Waals surface area contributed by atoms with Crippen LogP contribution in [0.4, 0.5) is 0 Å². The summed E-state index contributed by atoms with van der Waals surface area (Å²) >= 11 is 3.08. The molecule has 0 aliphatic rings. The lowest BCUT2D eigenvalue weighted by molar-refractivity contribution is -0.129. The van der Waals surface area contributed by atoms with Crippen molar-refractivity contribution in [3.8, 4) is 10.7 Å². The molecule has 0 saturated heterocycles. The molecule has 0 unspecified atom stereocenters. The molecule has 0 atom stereocenters. The van der Waals surface area contributed by atoms with Crippen LogP contribution in [0.1, 0.15) is 24.5 Å². The summed E-state index contributed by atoms with van der Waals surface area (Å²) in [4.78, 5) is 15.8. The van der Waals surface area contributed by atoms with Gasteiger partial charge in [-0.2, -0.15) is 0 Å². The molecule has 7 heteroatoms. The zero-order valence-corrected chi connectivity index (χ0v) is 17.5. The van der Waals surface area contributed by atoms with Crippen molar-refractivity contribution in [1.29, 1.82) is 0 Å². The minimum Gasteiger partial charge on any atom is -0.338 e. The Kier molecular flexibility index (Phi) is 6.68. The lowest BCUT2D eigenvalue weighted by Crippen LogP contribution is -2.32. The number of carbonyl (C=O) groups excluding carboxylic acids is 1. The number of aryl methyl sites for hydroxylation is 1. The van der Waals surface area contributed by atoms with Gasteiger partial charge in [0.05, 0.1) is 10.6 Å². The smallest absolute Gasteiger partial charge is 0.233 e. The minimum absolute atomic E-state index is 0.128. The van der Waals surface area contributed by atoms with Gasteiger partial charge in [-0.05, 0) is 30.4 Å². The van der Waals surface area contributed by atoms with E-state index in [4.69, 9.17) is 0 Å². The third-order valence-corrected chi connectivity index (χ3v) is 6.11. The van der Waals surface area contributed by atoms with Crippen molar-refractivity contribution in [3.63, 3.8) is 0 Å². The van der Waals surface area contributed by atoms with Crippen molar-refractivity contribution in [2.24, 2.45) is 7.05 Å². The van der Waals surface area contributed by atoms with E-state index < -0.39 is 0 Å². The molecule has 3 rings (SSSR count). The molecule has 0 aliphatic heterocycles. The quantitative estimate of drug-likeness (QED) is 0.527. The van der Waals surface area contributed by atoms with Gasteiger partial charge in [0.15, 0.2) is 11.0 Å². The predicted molar refractivity (Wildman–Crippen MR) is 112 cm³/mol. The van der Waals surface area contributed by atoms with Crippen molar-refractivity contribution in [3.05, 3.63) is 52.9 Å². The zero-order chi connectivity index (χ0) is 19.2. The van der Waals surface area contributed by atoms with Gasteiger partial charge in [0, 0.05) is 20.1 Å². The molecular weight excluding hydrogens is 376 g/mol. The van der Waals surface area contributed by atoms with Crippen LogP contribution in [0.3, 0.4) is 0 Å². The summed E-state index contributed by atoms with van der Waals surface area (Å²) in [7, 11) is 1.94. The maximum absolute atomic E-state index is 12.8. The fourth-order valence-electron chi connectivity index (χ4n) is 2.75. The molecule has 3 aromatic rings. The third-order valence-electron chi connectivity index (χ3n) is 4.24. The Labute approximate surface area is 168 Å². The molecule has 1 amide bonds. The molecule has 142 valence electrons. The number of hydrogen-bond donors (Lipinski definition) is 0. The van der Waals surface area contributed by atoms with E-state index >= 15 is 0 Å². The van der Waals surface area contributed by atoms with Crippen LogP contribution >= 0.6 is 23.1 Å². The van der Waals surface area contributed by atoms with Crippen molar-refractivity contribution >= 4 is 29.0 Å². The van der Waals surface area contributed by atoms with Gasteiger partial charge in [0.25, 0.3) is 0 Å². The first-order chi connectivity index (χ1) is 13.1. The lowest BCUT2D eigenvalue weighted by atomic mass is 10.1. The standard InChI is InChI=1S/C20H24N4OS2/c1-4-11-24(13-16-9-7-15(2)8-10-16)18(25)14-27-20-22-21-19(23(20)3)17-6-5-12-26-17/h5-10,12H,4,11,13-14H2,1-3H3. The van der Waals surface area contributed by atoms with E-state index in [-0.39, 0.29) is 5.91 Å². The van der Waals surface area contributed by atoms with Crippen LogP contribution in [0.25, 0.3) is 10.7 Å². The van der Waals surface area contributed by atoms with Crippen LogP contribution < -0.4 is 0 Å². The average molecular weight is 401 g/mol. The monoisotopic (exact) mass is 400 g/mol. The van der Waals surface area contributed by atoms with Gasteiger partial charge in [-0.25, -0.2) is 0 Å². The first-order valence-electron chi connectivity index (χ1n) is 8.98. The number of aromatic nitrogens is 3. The number of amides is 1. The number of rotatable bonds is 8. The van der Waals surface area contributed by atoms with Crippen molar-refractivity contribution < 1.29 is 4.79 Å². The Hall–Kier alpha value is -2.12. The summed E-state index contributed by atoms with van der Waals surface area (Å²) < 4.78 is 1.95. The molecule has 2 heterocycles. The fourth-order valence-corrected chi connectivity index (χ4v) is 4.31. The van der Waals surface area contributed by atoms with Crippen molar-refractivity contribution in [1.82, 2.24) is 19.7 Å². The van der Waals surface area contributed by atoms with Crippen LogP contribution in [-0.2, 0) is 18.4 Å². The van der Waals surface area contributed by atoms with E-state index in [9.17, 15) is 4.79 Å². The Balaban J connectivity index is 1.63. The van der Waals surface area contributed by atoms with Gasteiger partial charge in [0.2, 0.25) is 5.91 Å². The number of carbonyl (C=O) groups is 1. The molecule has 0 radical (unpaired) electrons. The van der Waals surface area contributed by atoms with E-state index in [1.165, 1.54) is 17.3 Å². The molecule has 5 nitrogen and oxygen atoms in total. The van der Waals surface area contributed by atoms with Gasteiger partial charge in [-0.15, -0.1) is 21.5 Å². The normalized spacial score (nSPS) is 10.9. The molecule has 0 saturated carbocycles. The van der Waals surface area contributed by atoms with Gasteiger partial charge in [-0.3, -0.25) is 4.79 Å². The highest BCUT2D eigenvalue weighted by molar-refractivity contribution is 7.99. The maximum Gasteiger partial charge on any atom is 0.233 e. The number of nitrogens with zero attached hydrogens (tertiary/aromatic N) is 4. The molecule has 0 aliphatic carbocycles. The van der Waals surface area contributed by atoms with Gasteiger partial charge in [0.1, 0.15) is 0 Å². The fraction of sp³-hybridized carbons (Fsp3) is 0.350. The zero-order valence-electron chi connectivity index (χ0n) is 15.9. The Morgan fingerprint density at radius 2 is 2.00 bits per heavy atom. The molecule has 0 fully saturated rings. The lowest BCUT2D eigenvalue weighted by Gasteiger charge is -2.22. The molecule has 0 bridgehead atoms. The van der Waals surface area contributed by atoms with Crippen molar-refractivity contribution in [2.75, 3.05) is 12.3 Å². The maximum atomic E-state index is 12.8. The second kappa shape index (κ2) is 9.19. The summed E-state index contributed by atoms with van der Waals surface area (Å²) in [5.74, 6) is 1.33. The second-order valence-corrected chi connectivity index (χ2v) is 8.32. The van der Waals surface area contributed by atoms with Gasteiger partial charge >= 0.3 is 0 Å². The highest BCUT2D eigenvalue weighted by atomic mass is 32.2. The topological polar surface area (TPSA) is 51.0 Å². The van der Waals surface area contributed by atoms with E-state index in [1.54, 1.807) is 11.3 Å². The predicted octanol–water partition coefficient (Wildman–Crippen LogP) is 4.38. The summed E-state index contributed by atoms with van der Waals surface area (Å²) in [6.45, 7) is 5.57. The molecule has 0 spiro atoms. The van der Waals surface area contributed by atoms with Crippen LogP contribution in [-0.4, -0.2) is 37.9 Å².